The molecule has 2 aliphatic rings. The summed E-state index contributed by atoms with van der Waals surface area (Å²) in [6.45, 7) is 5.16. The smallest absolute Gasteiger partial charge is 0.219 e. The van der Waals surface area contributed by atoms with Crippen molar-refractivity contribution in [2.45, 2.75) is 31.9 Å². The van der Waals surface area contributed by atoms with Crippen LogP contribution in [0.25, 0.3) is 0 Å². The minimum Gasteiger partial charge on any atom is -0.482 e. The number of nitrogens with zero attached hydrogens (tertiary/aromatic N) is 2. The first-order chi connectivity index (χ1) is 10.6. The van der Waals surface area contributed by atoms with Crippen molar-refractivity contribution in [3.8, 4) is 5.75 Å². The van der Waals surface area contributed by atoms with Gasteiger partial charge in [0.15, 0.2) is 5.60 Å². The van der Waals surface area contributed by atoms with Crippen LogP contribution in [0.3, 0.4) is 0 Å². The van der Waals surface area contributed by atoms with Gasteiger partial charge in [-0.15, -0.1) is 0 Å². The van der Waals surface area contributed by atoms with Crippen molar-refractivity contribution < 1.29 is 9.53 Å². The van der Waals surface area contributed by atoms with E-state index in [2.05, 4.69) is 42.1 Å². The van der Waals surface area contributed by atoms with Crippen LogP contribution >= 0.6 is 0 Å². The normalized spacial score (nSPS) is 26.3. The van der Waals surface area contributed by atoms with Gasteiger partial charge in [-0.25, -0.2) is 0 Å². The second kappa shape index (κ2) is 4.63. The zero-order valence-corrected chi connectivity index (χ0v) is 13.0. The van der Waals surface area contributed by atoms with Crippen LogP contribution < -0.4 is 4.74 Å². The predicted molar refractivity (Wildman–Crippen MR) is 84.0 cm³/mol. The van der Waals surface area contributed by atoms with Crippen molar-refractivity contribution in [1.29, 1.82) is 0 Å². The molecule has 1 fully saturated rings. The fourth-order valence-electron chi connectivity index (χ4n) is 3.87. The van der Waals surface area contributed by atoms with Gasteiger partial charge < -0.3 is 14.2 Å². The molecule has 4 heteroatoms. The molecule has 1 spiro atoms. The van der Waals surface area contributed by atoms with Gasteiger partial charge in [0.1, 0.15) is 11.8 Å². The Morgan fingerprint density at radius 2 is 2.09 bits per heavy atom. The number of rotatable bonds is 1. The van der Waals surface area contributed by atoms with Crippen LogP contribution in [0, 0.1) is 6.92 Å². The summed E-state index contributed by atoms with van der Waals surface area (Å²) >= 11 is 0. The van der Waals surface area contributed by atoms with Crippen LogP contribution in [0.1, 0.15) is 30.5 Å². The first kappa shape index (κ1) is 13.4. The topological polar surface area (TPSA) is 34.5 Å². The zero-order chi connectivity index (χ0) is 15.3. The second-order valence-electron chi connectivity index (χ2n) is 6.43. The molecule has 3 heterocycles. The summed E-state index contributed by atoms with van der Waals surface area (Å²) in [6.07, 6.45) is 5.04. The molecule has 2 unspecified atom stereocenters. The van der Waals surface area contributed by atoms with Crippen molar-refractivity contribution in [1.82, 2.24) is 9.47 Å². The standard InChI is InChI=1S/C18H20N2O2/c1-13-5-6-16-15(11-13)17(19-8-3-4-9-19)18(22-16)7-10-20(12-18)14(2)21/h3-6,8-9,11,17H,7,10,12H2,1-2H3. The molecule has 2 aromatic rings. The number of amides is 1. The highest BCUT2D eigenvalue weighted by molar-refractivity contribution is 5.74. The molecule has 4 rings (SSSR count). The molecule has 1 aromatic heterocycles. The molecule has 1 saturated heterocycles. The first-order valence-electron chi connectivity index (χ1n) is 7.77. The Kier molecular flexibility index (Phi) is 2.83. The Bertz CT molecular complexity index is 723. The van der Waals surface area contributed by atoms with Crippen molar-refractivity contribution in [3.05, 3.63) is 53.9 Å². The zero-order valence-electron chi connectivity index (χ0n) is 13.0. The van der Waals surface area contributed by atoms with E-state index in [0.29, 0.717) is 6.54 Å². The van der Waals surface area contributed by atoms with E-state index in [0.717, 1.165) is 18.7 Å². The van der Waals surface area contributed by atoms with E-state index >= 15 is 0 Å². The van der Waals surface area contributed by atoms with Crippen LogP contribution in [-0.2, 0) is 4.79 Å². The molecular formula is C18H20N2O2. The minimum absolute atomic E-state index is 0.124. The van der Waals surface area contributed by atoms with Crippen LogP contribution in [0.2, 0.25) is 0 Å². The molecule has 4 nitrogen and oxygen atoms in total. The lowest BCUT2D eigenvalue weighted by Gasteiger charge is -2.31. The number of carbonyl (C=O) groups is 1. The molecule has 0 aliphatic carbocycles. The summed E-state index contributed by atoms with van der Waals surface area (Å²) in [5.74, 6) is 1.08. The van der Waals surface area contributed by atoms with E-state index in [1.807, 2.05) is 17.0 Å². The lowest BCUT2D eigenvalue weighted by atomic mass is 9.89. The fourth-order valence-corrected chi connectivity index (χ4v) is 3.87. The summed E-state index contributed by atoms with van der Waals surface area (Å²) < 4.78 is 8.63. The maximum Gasteiger partial charge on any atom is 0.219 e. The Morgan fingerprint density at radius 3 is 2.77 bits per heavy atom. The lowest BCUT2D eigenvalue weighted by molar-refractivity contribution is -0.128. The Balaban J connectivity index is 1.82. The van der Waals surface area contributed by atoms with Crippen LogP contribution in [0.5, 0.6) is 5.75 Å². The summed E-state index contributed by atoms with van der Waals surface area (Å²) in [6, 6.07) is 10.6. The number of aryl methyl sites for hydroxylation is 1. The Morgan fingerprint density at radius 1 is 1.32 bits per heavy atom. The van der Waals surface area contributed by atoms with E-state index in [9.17, 15) is 4.79 Å². The third-order valence-electron chi connectivity index (χ3n) is 4.91. The van der Waals surface area contributed by atoms with Crippen molar-refractivity contribution in [2.24, 2.45) is 0 Å². The van der Waals surface area contributed by atoms with Crippen LogP contribution in [-0.4, -0.2) is 34.1 Å². The van der Waals surface area contributed by atoms with Gasteiger partial charge in [0.25, 0.3) is 0 Å². The number of hydrogen-bond acceptors (Lipinski definition) is 2. The molecule has 2 atom stereocenters. The average Bonchev–Trinajstić information content (AvgIpc) is 3.18. The molecule has 114 valence electrons. The number of hydrogen-bond donors (Lipinski definition) is 0. The molecule has 0 N–H and O–H groups in total. The van der Waals surface area contributed by atoms with Gasteiger partial charge >= 0.3 is 0 Å². The summed E-state index contributed by atoms with van der Waals surface area (Å²) in [5, 5.41) is 0. The van der Waals surface area contributed by atoms with Gasteiger partial charge in [0.2, 0.25) is 5.91 Å². The van der Waals surface area contributed by atoms with E-state index in [1.165, 1.54) is 11.1 Å². The van der Waals surface area contributed by atoms with Crippen LogP contribution in [0.15, 0.2) is 42.7 Å². The molecule has 0 saturated carbocycles. The second-order valence-corrected chi connectivity index (χ2v) is 6.43. The third kappa shape index (κ3) is 1.86. The number of benzene rings is 1. The monoisotopic (exact) mass is 296 g/mol. The maximum absolute atomic E-state index is 11.8. The highest BCUT2D eigenvalue weighted by Gasteiger charge is 2.53. The summed E-state index contributed by atoms with van der Waals surface area (Å²) in [5.41, 5.74) is 2.11. The predicted octanol–water partition coefficient (Wildman–Crippen LogP) is 2.77. The van der Waals surface area contributed by atoms with Crippen molar-refractivity contribution in [2.75, 3.05) is 13.1 Å². The minimum atomic E-state index is -0.346. The average molecular weight is 296 g/mol. The third-order valence-corrected chi connectivity index (χ3v) is 4.91. The number of ether oxygens (including phenoxy) is 1. The molecular weight excluding hydrogens is 276 g/mol. The Hall–Kier alpha value is -2.23. The molecule has 0 radical (unpaired) electrons. The van der Waals surface area contributed by atoms with Gasteiger partial charge in [0, 0.05) is 37.8 Å². The lowest BCUT2D eigenvalue weighted by Crippen LogP contribution is -2.44. The molecule has 1 aromatic carbocycles. The SMILES string of the molecule is CC(=O)N1CCC2(C1)Oc1ccc(C)cc1C2n1cccc1. The van der Waals surface area contributed by atoms with Crippen LogP contribution in [0.4, 0.5) is 0 Å². The van der Waals surface area contributed by atoms with E-state index in [-0.39, 0.29) is 17.6 Å². The maximum atomic E-state index is 11.8. The summed E-state index contributed by atoms with van der Waals surface area (Å²) in [4.78, 5) is 13.7. The van der Waals surface area contributed by atoms with E-state index in [1.54, 1.807) is 6.92 Å². The van der Waals surface area contributed by atoms with Gasteiger partial charge in [-0.1, -0.05) is 17.7 Å². The van der Waals surface area contributed by atoms with Gasteiger partial charge in [-0.3, -0.25) is 4.79 Å². The summed E-state index contributed by atoms with van der Waals surface area (Å²) in [7, 11) is 0. The largest absolute Gasteiger partial charge is 0.482 e. The quantitative estimate of drug-likeness (QED) is 0.811. The first-order valence-corrected chi connectivity index (χ1v) is 7.77. The van der Waals surface area contributed by atoms with E-state index < -0.39 is 0 Å². The van der Waals surface area contributed by atoms with E-state index in [4.69, 9.17) is 4.74 Å². The van der Waals surface area contributed by atoms with Gasteiger partial charge in [-0.05, 0) is 25.1 Å². The van der Waals surface area contributed by atoms with Crippen molar-refractivity contribution >= 4 is 5.91 Å². The van der Waals surface area contributed by atoms with Gasteiger partial charge in [-0.2, -0.15) is 0 Å². The molecule has 1 amide bonds. The van der Waals surface area contributed by atoms with Gasteiger partial charge in [0.05, 0.1) is 6.54 Å². The number of fused-ring (bicyclic) bond motifs is 1. The number of aromatic nitrogens is 1. The Labute approximate surface area is 130 Å². The molecule has 22 heavy (non-hydrogen) atoms. The highest BCUT2D eigenvalue weighted by Crippen LogP contribution is 2.50. The number of carbonyl (C=O) groups excluding carboxylic acids is 1. The fraction of sp³-hybridized carbons (Fsp3) is 0.389. The number of likely N-dealkylation sites (tertiary alicyclic amines) is 1. The molecule has 0 bridgehead atoms. The van der Waals surface area contributed by atoms with Crippen molar-refractivity contribution in [3.63, 3.8) is 0 Å². The highest BCUT2D eigenvalue weighted by atomic mass is 16.5. The molecule has 2 aliphatic heterocycles.